The number of benzene rings is 1. The molecule has 0 spiro atoms. The summed E-state index contributed by atoms with van der Waals surface area (Å²) in [5, 5.41) is 11.3. The van der Waals surface area contributed by atoms with Crippen molar-refractivity contribution in [3.05, 3.63) is 33.8 Å². The van der Waals surface area contributed by atoms with Crippen molar-refractivity contribution in [2.24, 2.45) is 11.1 Å². The van der Waals surface area contributed by atoms with Crippen LogP contribution in [0.25, 0.3) is 0 Å². The minimum Gasteiger partial charge on any atom is -0.388 e. The first-order chi connectivity index (χ1) is 7.42. The molecule has 90 valence electrons. The van der Waals surface area contributed by atoms with Crippen molar-refractivity contribution in [2.75, 3.05) is 6.54 Å². The third-order valence-electron chi connectivity index (χ3n) is 3.13. The van der Waals surface area contributed by atoms with Gasteiger partial charge in [0.15, 0.2) is 0 Å². The molecule has 0 aliphatic heterocycles. The summed E-state index contributed by atoms with van der Waals surface area (Å²) in [6.45, 7) is 4.36. The summed E-state index contributed by atoms with van der Waals surface area (Å²) in [7, 11) is 0. The molecular formula is C12H17Cl2NO. The molecular weight excluding hydrogens is 245 g/mol. The van der Waals surface area contributed by atoms with E-state index in [1.54, 1.807) is 18.2 Å². The molecule has 16 heavy (non-hydrogen) atoms. The normalized spacial score (nSPS) is 16.9. The van der Waals surface area contributed by atoms with Gasteiger partial charge in [-0.25, -0.2) is 0 Å². The number of halogens is 2. The molecule has 0 bridgehead atoms. The largest absolute Gasteiger partial charge is 0.388 e. The van der Waals surface area contributed by atoms with Crippen LogP contribution in [0, 0.1) is 5.41 Å². The summed E-state index contributed by atoms with van der Waals surface area (Å²) in [6.07, 6.45) is 0.133. The Hall–Kier alpha value is -0.280. The summed E-state index contributed by atoms with van der Waals surface area (Å²) in [6, 6.07) is 5.09. The minimum absolute atomic E-state index is 0.353. The van der Waals surface area contributed by atoms with Gasteiger partial charge in [-0.1, -0.05) is 37.0 Å². The Morgan fingerprint density at radius 1 is 1.31 bits per heavy atom. The molecule has 2 unspecified atom stereocenters. The van der Waals surface area contributed by atoms with Crippen molar-refractivity contribution in [2.45, 2.75) is 26.4 Å². The maximum atomic E-state index is 10.3. The van der Waals surface area contributed by atoms with Gasteiger partial charge < -0.3 is 10.8 Å². The molecule has 0 saturated carbocycles. The second-order valence-corrected chi connectivity index (χ2v) is 5.19. The van der Waals surface area contributed by atoms with Crippen LogP contribution in [0.3, 0.4) is 0 Å². The van der Waals surface area contributed by atoms with Crippen molar-refractivity contribution >= 4 is 23.2 Å². The van der Waals surface area contributed by atoms with Crippen LogP contribution in [0.2, 0.25) is 10.0 Å². The molecule has 0 aliphatic carbocycles. The van der Waals surface area contributed by atoms with Gasteiger partial charge in [0.05, 0.1) is 6.10 Å². The van der Waals surface area contributed by atoms with E-state index in [1.165, 1.54) is 0 Å². The molecule has 2 atom stereocenters. The van der Waals surface area contributed by atoms with Gasteiger partial charge in [0, 0.05) is 22.0 Å². The fourth-order valence-electron chi connectivity index (χ4n) is 1.58. The molecule has 1 aromatic rings. The lowest BCUT2D eigenvalue weighted by molar-refractivity contribution is 0.0392. The zero-order valence-corrected chi connectivity index (χ0v) is 11.0. The zero-order chi connectivity index (χ0) is 12.3. The molecule has 3 N–H and O–H groups in total. The summed E-state index contributed by atoms with van der Waals surface area (Å²) in [5.41, 5.74) is 6.07. The van der Waals surface area contributed by atoms with Crippen molar-refractivity contribution in [3.8, 4) is 0 Å². The van der Waals surface area contributed by atoms with E-state index < -0.39 is 6.10 Å². The first-order valence-corrected chi connectivity index (χ1v) is 6.02. The van der Waals surface area contributed by atoms with Crippen LogP contribution in [-0.2, 0) is 0 Å². The van der Waals surface area contributed by atoms with Gasteiger partial charge >= 0.3 is 0 Å². The molecule has 2 nitrogen and oxygen atoms in total. The lowest BCUT2D eigenvalue weighted by atomic mass is 9.78. The maximum absolute atomic E-state index is 10.3. The number of hydrogen-bond donors (Lipinski definition) is 2. The van der Waals surface area contributed by atoms with Crippen LogP contribution in [0.4, 0.5) is 0 Å². The van der Waals surface area contributed by atoms with E-state index in [-0.39, 0.29) is 5.41 Å². The SMILES string of the molecule is CCC(C)(CN)C(O)c1cc(Cl)cc(Cl)c1. The highest BCUT2D eigenvalue weighted by molar-refractivity contribution is 6.34. The van der Waals surface area contributed by atoms with Crippen LogP contribution in [0.15, 0.2) is 18.2 Å². The van der Waals surface area contributed by atoms with Crippen LogP contribution >= 0.6 is 23.2 Å². The fourth-order valence-corrected chi connectivity index (χ4v) is 2.13. The van der Waals surface area contributed by atoms with Crippen LogP contribution in [0.5, 0.6) is 0 Å². The molecule has 1 rings (SSSR count). The predicted octanol–water partition coefficient (Wildman–Crippen LogP) is 3.40. The van der Waals surface area contributed by atoms with E-state index in [0.717, 1.165) is 6.42 Å². The Balaban J connectivity index is 3.08. The highest BCUT2D eigenvalue weighted by Gasteiger charge is 2.31. The molecule has 0 fully saturated rings. The van der Waals surface area contributed by atoms with E-state index in [0.29, 0.717) is 22.2 Å². The number of hydrogen-bond acceptors (Lipinski definition) is 2. The van der Waals surface area contributed by atoms with Gasteiger partial charge in [-0.3, -0.25) is 0 Å². The van der Waals surface area contributed by atoms with Gasteiger partial charge in [-0.05, 0) is 30.2 Å². The Kier molecular flexibility index (Phi) is 4.62. The van der Waals surface area contributed by atoms with Crippen LogP contribution < -0.4 is 5.73 Å². The number of rotatable bonds is 4. The van der Waals surface area contributed by atoms with E-state index >= 15 is 0 Å². The number of aliphatic hydroxyl groups excluding tert-OH is 1. The third-order valence-corrected chi connectivity index (χ3v) is 3.57. The Morgan fingerprint density at radius 2 is 1.81 bits per heavy atom. The Morgan fingerprint density at radius 3 is 2.19 bits per heavy atom. The molecule has 0 saturated heterocycles. The first-order valence-electron chi connectivity index (χ1n) is 5.27. The minimum atomic E-state index is -0.654. The third kappa shape index (κ3) is 2.89. The maximum Gasteiger partial charge on any atom is 0.0856 e. The summed E-state index contributed by atoms with van der Waals surface area (Å²) in [4.78, 5) is 0. The molecule has 0 radical (unpaired) electrons. The topological polar surface area (TPSA) is 46.2 Å². The second-order valence-electron chi connectivity index (χ2n) is 4.32. The fraction of sp³-hybridized carbons (Fsp3) is 0.500. The molecule has 0 aliphatic rings. The van der Waals surface area contributed by atoms with E-state index in [2.05, 4.69) is 0 Å². The van der Waals surface area contributed by atoms with E-state index in [1.807, 2.05) is 13.8 Å². The standard InChI is InChI=1S/C12H17Cl2NO/c1-3-12(2,7-15)11(16)8-4-9(13)6-10(14)5-8/h4-6,11,16H,3,7,15H2,1-2H3. The lowest BCUT2D eigenvalue weighted by Crippen LogP contribution is -2.33. The van der Waals surface area contributed by atoms with Gasteiger partial charge in [0.25, 0.3) is 0 Å². The zero-order valence-electron chi connectivity index (χ0n) is 9.50. The first kappa shape index (κ1) is 13.8. The smallest absolute Gasteiger partial charge is 0.0856 e. The molecule has 0 aromatic heterocycles. The Bertz CT molecular complexity index is 344. The number of nitrogens with two attached hydrogens (primary N) is 1. The van der Waals surface area contributed by atoms with Gasteiger partial charge in [-0.15, -0.1) is 0 Å². The van der Waals surface area contributed by atoms with E-state index in [4.69, 9.17) is 28.9 Å². The summed E-state index contributed by atoms with van der Waals surface area (Å²) < 4.78 is 0. The predicted molar refractivity (Wildman–Crippen MR) is 68.9 cm³/mol. The highest BCUT2D eigenvalue weighted by Crippen LogP contribution is 2.37. The van der Waals surface area contributed by atoms with Crippen molar-refractivity contribution < 1.29 is 5.11 Å². The van der Waals surface area contributed by atoms with Crippen molar-refractivity contribution in [1.29, 1.82) is 0 Å². The Labute approximate surface area is 106 Å². The van der Waals surface area contributed by atoms with Gasteiger partial charge in [0.2, 0.25) is 0 Å². The number of aliphatic hydroxyl groups is 1. The van der Waals surface area contributed by atoms with Crippen LogP contribution in [0.1, 0.15) is 31.9 Å². The lowest BCUT2D eigenvalue weighted by Gasteiger charge is -2.32. The molecule has 4 heteroatoms. The van der Waals surface area contributed by atoms with E-state index in [9.17, 15) is 5.11 Å². The molecule has 0 amide bonds. The van der Waals surface area contributed by atoms with Crippen LogP contribution in [-0.4, -0.2) is 11.7 Å². The van der Waals surface area contributed by atoms with Crippen molar-refractivity contribution in [1.82, 2.24) is 0 Å². The summed E-state index contributed by atoms with van der Waals surface area (Å²) in [5.74, 6) is 0. The average molecular weight is 262 g/mol. The average Bonchev–Trinajstić information content (AvgIpc) is 2.25. The molecule has 0 heterocycles. The highest BCUT2D eigenvalue weighted by atomic mass is 35.5. The second kappa shape index (κ2) is 5.37. The van der Waals surface area contributed by atoms with Gasteiger partial charge in [0.1, 0.15) is 0 Å². The van der Waals surface area contributed by atoms with Crippen molar-refractivity contribution in [3.63, 3.8) is 0 Å². The quantitative estimate of drug-likeness (QED) is 0.873. The van der Waals surface area contributed by atoms with Gasteiger partial charge in [-0.2, -0.15) is 0 Å². The monoisotopic (exact) mass is 261 g/mol. The molecule has 1 aromatic carbocycles. The summed E-state index contributed by atoms with van der Waals surface area (Å²) >= 11 is 11.8.